The lowest BCUT2D eigenvalue weighted by Crippen LogP contribution is -2.22. The summed E-state index contributed by atoms with van der Waals surface area (Å²) in [7, 11) is 0. The van der Waals surface area contributed by atoms with Gasteiger partial charge in [-0.15, -0.1) is 0 Å². The predicted molar refractivity (Wildman–Crippen MR) is 123 cm³/mol. The average Bonchev–Trinajstić information content (AvgIpc) is 3.30. The van der Waals surface area contributed by atoms with E-state index in [0.717, 1.165) is 22.0 Å². The summed E-state index contributed by atoms with van der Waals surface area (Å²) in [6.07, 6.45) is 1.59. The zero-order valence-corrected chi connectivity index (χ0v) is 16.8. The summed E-state index contributed by atoms with van der Waals surface area (Å²) in [6.45, 7) is 0. The number of aromatic nitrogens is 1. The largest absolute Gasteiger partial charge is 0.494 e. The van der Waals surface area contributed by atoms with Crippen LogP contribution in [0.4, 0.5) is 10.5 Å². The van der Waals surface area contributed by atoms with Crippen LogP contribution in [0, 0.1) is 0 Å². The fourth-order valence-corrected chi connectivity index (χ4v) is 3.65. The molecule has 4 aromatic rings. The molecule has 2 heterocycles. The number of carbonyl (C=O) groups is 2. The van der Waals surface area contributed by atoms with Gasteiger partial charge >= 0.3 is 6.03 Å². The molecule has 0 unspecified atom stereocenters. The smallest absolute Gasteiger partial charge is 0.326 e. The molecule has 0 atom stereocenters. The van der Waals surface area contributed by atoms with Crippen molar-refractivity contribution in [3.8, 4) is 5.88 Å². The molecule has 4 N–H and O–H groups in total. The number of hydrogen-bond donors (Lipinski definition) is 4. The van der Waals surface area contributed by atoms with Gasteiger partial charge in [0.05, 0.1) is 17.0 Å². The number of aliphatic imine (C=N–C) groups is 1. The Morgan fingerprint density at radius 1 is 0.844 bits per heavy atom. The van der Waals surface area contributed by atoms with Crippen molar-refractivity contribution in [2.24, 2.45) is 4.99 Å². The van der Waals surface area contributed by atoms with E-state index < -0.39 is 11.9 Å². The fourth-order valence-electron chi connectivity index (χ4n) is 3.65. The van der Waals surface area contributed by atoms with Gasteiger partial charge < -0.3 is 15.4 Å². The van der Waals surface area contributed by atoms with E-state index in [-0.39, 0.29) is 11.6 Å². The van der Waals surface area contributed by atoms with Gasteiger partial charge in [0.15, 0.2) is 5.88 Å². The number of nitrogens with one attached hydrogen (secondary N) is 3. The number of hydrogen-bond acceptors (Lipinski definition) is 4. The van der Waals surface area contributed by atoms with Crippen molar-refractivity contribution in [1.82, 2.24) is 15.6 Å². The molecule has 1 saturated heterocycles. The summed E-state index contributed by atoms with van der Waals surface area (Å²) in [4.78, 5) is 30.9. The summed E-state index contributed by atoms with van der Waals surface area (Å²) in [6, 6.07) is 24.0. The molecule has 0 saturated carbocycles. The highest BCUT2D eigenvalue weighted by atomic mass is 16.3. The normalized spacial score (nSPS) is 15.2. The average molecular weight is 422 g/mol. The molecule has 0 radical (unpaired) electrons. The van der Waals surface area contributed by atoms with E-state index in [2.05, 4.69) is 15.6 Å². The molecule has 1 aliphatic heterocycles. The van der Waals surface area contributed by atoms with Crippen LogP contribution in [0.3, 0.4) is 0 Å². The monoisotopic (exact) mass is 422 g/mol. The highest BCUT2D eigenvalue weighted by Crippen LogP contribution is 2.31. The van der Waals surface area contributed by atoms with E-state index in [1.54, 1.807) is 18.2 Å². The first-order valence-corrected chi connectivity index (χ1v) is 9.97. The maximum atomic E-state index is 11.7. The molecule has 0 aliphatic carbocycles. The van der Waals surface area contributed by atoms with Gasteiger partial charge in [0.2, 0.25) is 0 Å². The summed E-state index contributed by atoms with van der Waals surface area (Å²) in [5.74, 6) is -0.406. The zero-order valence-electron chi connectivity index (χ0n) is 16.8. The number of aromatic hydroxyl groups is 1. The van der Waals surface area contributed by atoms with Crippen molar-refractivity contribution in [1.29, 1.82) is 0 Å². The van der Waals surface area contributed by atoms with E-state index in [0.29, 0.717) is 17.0 Å². The Morgan fingerprint density at radius 2 is 1.56 bits per heavy atom. The molecule has 3 aromatic carbocycles. The molecule has 3 amide bonds. The maximum Gasteiger partial charge on any atom is 0.326 e. The van der Waals surface area contributed by atoms with Gasteiger partial charge in [0, 0.05) is 16.5 Å². The molecule has 0 bridgehead atoms. The number of amides is 3. The highest BCUT2D eigenvalue weighted by Gasteiger charge is 2.22. The minimum atomic E-state index is -0.534. The molecular weight excluding hydrogens is 404 g/mol. The van der Waals surface area contributed by atoms with E-state index in [1.165, 1.54) is 0 Å². The van der Waals surface area contributed by atoms with Crippen LogP contribution in [0.15, 0.2) is 89.6 Å². The van der Waals surface area contributed by atoms with Crippen LogP contribution in [-0.4, -0.2) is 27.7 Å². The second-order valence-corrected chi connectivity index (χ2v) is 7.28. The summed E-state index contributed by atoms with van der Waals surface area (Å²) in [5, 5.41) is 16.2. The van der Waals surface area contributed by atoms with Gasteiger partial charge in [-0.1, -0.05) is 60.7 Å². The van der Waals surface area contributed by atoms with Crippen LogP contribution < -0.4 is 10.6 Å². The van der Waals surface area contributed by atoms with Crippen LogP contribution in [0.5, 0.6) is 5.88 Å². The van der Waals surface area contributed by atoms with Crippen molar-refractivity contribution in [3.05, 3.63) is 101 Å². The Balaban J connectivity index is 1.58. The van der Waals surface area contributed by atoms with E-state index in [4.69, 9.17) is 4.99 Å². The maximum absolute atomic E-state index is 11.7. The third-order valence-corrected chi connectivity index (χ3v) is 5.14. The molecule has 1 aliphatic rings. The number of rotatable bonds is 4. The molecular formula is C25H18N4O3. The van der Waals surface area contributed by atoms with Gasteiger partial charge in [0.25, 0.3) is 5.91 Å². The van der Waals surface area contributed by atoms with Gasteiger partial charge in [0.1, 0.15) is 5.70 Å². The van der Waals surface area contributed by atoms with Crippen LogP contribution in [0.25, 0.3) is 17.0 Å². The highest BCUT2D eigenvalue weighted by molar-refractivity contribution is 6.21. The van der Waals surface area contributed by atoms with Crippen LogP contribution in [0.2, 0.25) is 0 Å². The Bertz CT molecular complexity index is 1400. The second-order valence-electron chi connectivity index (χ2n) is 7.28. The zero-order chi connectivity index (χ0) is 22.1. The third-order valence-electron chi connectivity index (χ3n) is 5.14. The first kappa shape index (κ1) is 19.3. The van der Waals surface area contributed by atoms with E-state index in [1.807, 2.05) is 66.7 Å². The molecule has 0 spiro atoms. The molecule has 5 rings (SSSR count). The van der Waals surface area contributed by atoms with Gasteiger partial charge in [-0.05, 0) is 29.8 Å². The second kappa shape index (κ2) is 7.88. The molecule has 32 heavy (non-hydrogen) atoms. The quantitative estimate of drug-likeness (QED) is 0.225. The molecule has 156 valence electrons. The van der Waals surface area contributed by atoms with Crippen molar-refractivity contribution in [2.75, 3.05) is 0 Å². The van der Waals surface area contributed by atoms with Gasteiger partial charge in [-0.3, -0.25) is 10.1 Å². The van der Waals surface area contributed by atoms with Gasteiger partial charge in [-0.2, -0.15) is 0 Å². The van der Waals surface area contributed by atoms with Crippen molar-refractivity contribution < 1.29 is 14.7 Å². The first-order chi connectivity index (χ1) is 15.6. The Hall–Kier alpha value is -4.65. The third kappa shape index (κ3) is 3.63. The summed E-state index contributed by atoms with van der Waals surface area (Å²) >= 11 is 0. The van der Waals surface area contributed by atoms with Crippen LogP contribution in [0.1, 0.15) is 16.7 Å². The lowest BCUT2D eigenvalue weighted by molar-refractivity contribution is -0.115. The Labute approximate surface area is 183 Å². The molecule has 7 heteroatoms. The lowest BCUT2D eigenvalue weighted by atomic mass is 10.0. The Kier molecular flexibility index (Phi) is 4.76. The van der Waals surface area contributed by atoms with Crippen LogP contribution in [-0.2, 0) is 4.79 Å². The number of para-hydroxylation sites is 1. The Morgan fingerprint density at radius 3 is 2.28 bits per heavy atom. The number of urea groups is 1. The van der Waals surface area contributed by atoms with Crippen molar-refractivity contribution >= 4 is 40.3 Å². The topological polar surface area (TPSA) is 107 Å². The number of aromatic amines is 1. The SMILES string of the molecule is O=C1NC(=O)C(=Cc2ccc(N=C(c3ccccc3)c3c(O)[nH]c4ccccc34)cc2)N1. The fraction of sp³-hybridized carbons (Fsp3) is 0. The van der Waals surface area contributed by atoms with E-state index >= 15 is 0 Å². The van der Waals surface area contributed by atoms with E-state index in [9.17, 15) is 14.7 Å². The number of nitrogens with zero attached hydrogens (tertiary/aromatic N) is 1. The summed E-state index contributed by atoms with van der Waals surface area (Å²) < 4.78 is 0. The van der Waals surface area contributed by atoms with Crippen molar-refractivity contribution in [3.63, 3.8) is 0 Å². The molecule has 7 nitrogen and oxygen atoms in total. The van der Waals surface area contributed by atoms with Crippen LogP contribution >= 0.6 is 0 Å². The number of carbonyl (C=O) groups excluding carboxylic acids is 2. The van der Waals surface area contributed by atoms with Gasteiger partial charge in [-0.25, -0.2) is 9.79 Å². The number of benzene rings is 3. The minimum Gasteiger partial charge on any atom is -0.494 e. The number of H-pyrrole nitrogens is 1. The standard InChI is InChI=1S/C25H18N4O3/c30-23-20(28-25(32)29-23)14-15-10-12-17(13-11-15)26-22(16-6-2-1-3-7-16)21-18-8-4-5-9-19(18)27-24(21)31/h1-14,27,31H,(H2,28,29,30,32). The predicted octanol–water partition coefficient (Wildman–Crippen LogP) is 4.22. The first-order valence-electron chi connectivity index (χ1n) is 9.97. The lowest BCUT2D eigenvalue weighted by Gasteiger charge is -2.08. The number of imide groups is 1. The van der Waals surface area contributed by atoms with Crippen molar-refractivity contribution in [2.45, 2.75) is 0 Å². The minimum absolute atomic E-state index is 0.0538. The molecule has 1 fully saturated rings. The number of fused-ring (bicyclic) bond motifs is 1. The summed E-state index contributed by atoms with van der Waals surface area (Å²) in [5.41, 5.74) is 4.56. The molecule has 1 aromatic heterocycles.